The summed E-state index contributed by atoms with van der Waals surface area (Å²) in [6.45, 7) is 0.789. The van der Waals surface area contributed by atoms with Crippen LogP contribution in [-0.4, -0.2) is 28.6 Å². The van der Waals surface area contributed by atoms with Crippen molar-refractivity contribution in [2.75, 3.05) is 6.54 Å². The summed E-state index contributed by atoms with van der Waals surface area (Å²) in [5, 5.41) is 10.6. The molecule has 2 bridgehead atoms. The van der Waals surface area contributed by atoms with Crippen molar-refractivity contribution < 1.29 is 5.11 Å². The van der Waals surface area contributed by atoms with Gasteiger partial charge in [-0.1, -0.05) is 60.7 Å². The number of nitrogens with zero attached hydrogens (tertiary/aromatic N) is 1. The minimum absolute atomic E-state index is 0.361. The molecular formula is C22H27NO. The van der Waals surface area contributed by atoms with Crippen LogP contribution in [-0.2, 0) is 6.42 Å². The molecule has 126 valence electrons. The maximum absolute atomic E-state index is 10.6. The molecule has 2 aliphatic heterocycles. The molecule has 0 radical (unpaired) electrons. The molecule has 2 nitrogen and oxygen atoms in total. The molecular weight excluding hydrogens is 294 g/mol. The Kier molecular flexibility index (Phi) is 4.68. The summed E-state index contributed by atoms with van der Waals surface area (Å²) in [7, 11) is 0. The number of aliphatic hydroxyl groups excluding tert-OH is 1. The van der Waals surface area contributed by atoms with E-state index < -0.39 is 0 Å². The molecule has 4 rings (SSSR count). The van der Waals surface area contributed by atoms with Gasteiger partial charge in [-0.3, -0.25) is 4.90 Å². The van der Waals surface area contributed by atoms with Gasteiger partial charge in [0.1, 0.15) is 0 Å². The SMILES string of the molecule is O[C@H](CN1[C@@H]2CC[C@H]1CC(Cc1ccccc1)C2)c1ccccc1. The molecule has 0 spiro atoms. The summed E-state index contributed by atoms with van der Waals surface area (Å²) in [4.78, 5) is 2.60. The molecule has 4 atom stereocenters. The quantitative estimate of drug-likeness (QED) is 0.892. The highest BCUT2D eigenvalue weighted by molar-refractivity contribution is 5.18. The maximum Gasteiger partial charge on any atom is 0.0917 e. The predicted molar refractivity (Wildman–Crippen MR) is 97.8 cm³/mol. The highest BCUT2D eigenvalue weighted by Crippen LogP contribution is 2.40. The largest absolute Gasteiger partial charge is 0.387 e. The average molecular weight is 321 g/mol. The van der Waals surface area contributed by atoms with Crippen LogP contribution >= 0.6 is 0 Å². The van der Waals surface area contributed by atoms with Crippen molar-refractivity contribution in [1.82, 2.24) is 4.90 Å². The number of rotatable bonds is 5. The number of benzene rings is 2. The minimum atomic E-state index is -0.361. The smallest absolute Gasteiger partial charge is 0.0917 e. The Morgan fingerprint density at radius 3 is 2.08 bits per heavy atom. The normalized spacial score (nSPS) is 28.0. The molecule has 0 aliphatic carbocycles. The average Bonchev–Trinajstić information content (AvgIpc) is 2.86. The van der Waals surface area contributed by atoms with Gasteiger partial charge in [0, 0.05) is 18.6 Å². The summed E-state index contributed by atoms with van der Waals surface area (Å²) in [5.41, 5.74) is 2.52. The first-order valence-corrected chi connectivity index (χ1v) is 9.32. The Balaban J connectivity index is 1.38. The van der Waals surface area contributed by atoms with E-state index in [0.717, 1.165) is 18.0 Å². The third kappa shape index (κ3) is 3.40. The zero-order chi connectivity index (χ0) is 16.4. The fraction of sp³-hybridized carbons (Fsp3) is 0.455. The lowest BCUT2D eigenvalue weighted by Gasteiger charge is -2.40. The van der Waals surface area contributed by atoms with E-state index in [1.165, 1.54) is 37.7 Å². The molecule has 2 heteroatoms. The lowest BCUT2D eigenvalue weighted by Crippen LogP contribution is -2.45. The van der Waals surface area contributed by atoms with Crippen molar-refractivity contribution in [3.63, 3.8) is 0 Å². The predicted octanol–water partition coefficient (Wildman–Crippen LogP) is 4.21. The molecule has 24 heavy (non-hydrogen) atoms. The summed E-state index contributed by atoms with van der Waals surface area (Å²) in [6, 6.07) is 22.3. The first kappa shape index (κ1) is 15.9. The van der Waals surface area contributed by atoms with Crippen LogP contribution in [0.2, 0.25) is 0 Å². The number of hydrogen-bond donors (Lipinski definition) is 1. The van der Waals surface area contributed by atoms with Gasteiger partial charge in [0.25, 0.3) is 0 Å². The lowest BCUT2D eigenvalue weighted by atomic mass is 9.85. The standard InChI is InChI=1S/C22H27NO/c24-22(19-9-5-2-6-10-19)16-23-20-11-12-21(23)15-18(14-20)13-17-7-3-1-4-8-17/h1-10,18,20-22,24H,11-16H2/t18?,20-,21+,22-/m1/s1. The molecule has 0 aromatic heterocycles. The van der Waals surface area contributed by atoms with E-state index in [2.05, 4.69) is 35.2 Å². The molecule has 2 aromatic carbocycles. The molecule has 2 aliphatic rings. The van der Waals surface area contributed by atoms with E-state index in [4.69, 9.17) is 0 Å². The van der Waals surface area contributed by atoms with Gasteiger partial charge < -0.3 is 5.11 Å². The second kappa shape index (κ2) is 7.08. The lowest BCUT2D eigenvalue weighted by molar-refractivity contribution is 0.0447. The van der Waals surface area contributed by atoms with Gasteiger partial charge >= 0.3 is 0 Å². The molecule has 0 amide bonds. The van der Waals surface area contributed by atoms with Crippen molar-refractivity contribution in [2.24, 2.45) is 5.92 Å². The van der Waals surface area contributed by atoms with E-state index in [9.17, 15) is 5.11 Å². The highest BCUT2D eigenvalue weighted by Gasteiger charge is 2.41. The molecule has 2 saturated heterocycles. The molecule has 0 saturated carbocycles. The van der Waals surface area contributed by atoms with Crippen molar-refractivity contribution in [3.05, 3.63) is 71.8 Å². The van der Waals surface area contributed by atoms with Crippen LogP contribution in [0.15, 0.2) is 60.7 Å². The van der Waals surface area contributed by atoms with E-state index in [0.29, 0.717) is 12.1 Å². The van der Waals surface area contributed by atoms with Crippen LogP contribution in [0.5, 0.6) is 0 Å². The summed E-state index contributed by atoms with van der Waals surface area (Å²) in [5.74, 6) is 0.801. The Bertz CT molecular complexity index is 628. The molecule has 2 aromatic rings. The molecule has 2 heterocycles. The molecule has 2 fully saturated rings. The van der Waals surface area contributed by atoms with Crippen molar-refractivity contribution in [2.45, 2.75) is 50.3 Å². The van der Waals surface area contributed by atoms with Crippen molar-refractivity contribution in [1.29, 1.82) is 0 Å². The van der Waals surface area contributed by atoms with Gasteiger partial charge in [-0.2, -0.15) is 0 Å². The Labute approximate surface area is 145 Å². The minimum Gasteiger partial charge on any atom is -0.387 e. The van der Waals surface area contributed by atoms with Crippen LogP contribution < -0.4 is 0 Å². The van der Waals surface area contributed by atoms with Crippen LogP contribution in [0.4, 0.5) is 0 Å². The third-order valence-electron chi connectivity index (χ3n) is 5.92. The van der Waals surface area contributed by atoms with Crippen LogP contribution in [0.1, 0.15) is 42.9 Å². The van der Waals surface area contributed by atoms with Gasteiger partial charge in [-0.05, 0) is 49.1 Å². The van der Waals surface area contributed by atoms with E-state index in [1.807, 2.05) is 30.3 Å². The second-order valence-electron chi connectivity index (χ2n) is 7.54. The van der Waals surface area contributed by atoms with E-state index in [1.54, 1.807) is 0 Å². The Hall–Kier alpha value is -1.64. The summed E-state index contributed by atoms with van der Waals surface area (Å²) in [6.07, 6.45) is 6.03. The molecule has 1 N–H and O–H groups in total. The van der Waals surface area contributed by atoms with Gasteiger partial charge in [-0.25, -0.2) is 0 Å². The zero-order valence-corrected chi connectivity index (χ0v) is 14.2. The van der Waals surface area contributed by atoms with Gasteiger partial charge in [0.2, 0.25) is 0 Å². The summed E-state index contributed by atoms with van der Waals surface area (Å²) < 4.78 is 0. The monoisotopic (exact) mass is 321 g/mol. The fourth-order valence-corrected chi connectivity index (χ4v) is 4.78. The number of hydrogen-bond acceptors (Lipinski definition) is 2. The van der Waals surface area contributed by atoms with Gasteiger partial charge in [0.05, 0.1) is 6.10 Å². The van der Waals surface area contributed by atoms with Crippen molar-refractivity contribution >= 4 is 0 Å². The molecule has 1 unspecified atom stereocenters. The Morgan fingerprint density at radius 1 is 0.875 bits per heavy atom. The second-order valence-corrected chi connectivity index (χ2v) is 7.54. The fourth-order valence-electron chi connectivity index (χ4n) is 4.78. The van der Waals surface area contributed by atoms with Crippen molar-refractivity contribution in [3.8, 4) is 0 Å². The topological polar surface area (TPSA) is 23.5 Å². The van der Waals surface area contributed by atoms with E-state index in [-0.39, 0.29) is 6.10 Å². The maximum atomic E-state index is 10.6. The van der Waals surface area contributed by atoms with Gasteiger partial charge in [0.15, 0.2) is 0 Å². The first-order valence-electron chi connectivity index (χ1n) is 9.32. The van der Waals surface area contributed by atoms with E-state index >= 15 is 0 Å². The Morgan fingerprint density at radius 2 is 1.46 bits per heavy atom. The third-order valence-corrected chi connectivity index (χ3v) is 5.92. The van der Waals surface area contributed by atoms with Crippen LogP contribution in [0.25, 0.3) is 0 Å². The number of fused-ring (bicyclic) bond motifs is 2. The van der Waals surface area contributed by atoms with Gasteiger partial charge in [-0.15, -0.1) is 0 Å². The number of piperidine rings is 1. The highest BCUT2D eigenvalue weighted by atomic mass is 16.3. The van der Waals surface area contributed by atoms with Crippen LogP contribution in [0.3, 0.4) is 0 Å². The van der Waals surface area contributed by atoms with Crippen LogP contribution in [0, 0.1) is 5.92 Å². The zero-order valence-electron chi connectivity index (χ0n) is 14.2. The summed E-state index contributed by atoms with van der Waals surface area (Å²) >= 11 is 0. The first-order chi connectivity index (χ1) is 11.8. The number of aliphatic hydroxyl groups is 1.